The van der Waals surface area contributed by atoms with E-state index in [0.717, 1.165) is 0 Å². The summed E-state index contributed by atoms with van der Waals surface area (Å²) in [5.41, 5.74) is -0.0364. The lowest BCUT2D eigenvalue weighted by atomic mass is 9.90. The Labute approximate surface area is 165 Å². The van der Waals surface area contributed by atoms with Gasteiger partial charge in [0.2, 0.25) is 5.91 Å². The number of thiophene rings is 1. The zero-order valence-corrected chi connectivity index (χ0v) is 16.5. The van der Waals surface area contributed by atoms with Gasteiger partial charge in [-0.2, -0.15) is 5.26 Å². The Hall–Kier alpha value is -3.05. The summed E-state index contributed by atoms with van der Waals surface area (Å²) in [6, 6.07) is 7.96. The molecular weight excluding hydrogens is 379 g/mol. The molecular formula is C20H19FN4O2S. The number of carbonyl (C=O) groups excluding carboxylic acids is 1. The van der Waals surface area contributed by atoms with E-state index in [1.807, 2.05) is 13.8 Å². The highest BCUT2D eigenvalue weighted by Gasteiger charge is 2.30. The van der Waals surface area contributed by atoms with E-state index < -0.39 is 11.4 Å². The first-order valence-electron chi connectivity index (χ1n) is 8.70. The van der Waals surface area contributed by atoms with Crippen LogP contribution in [0.1, 0.15) is 20.8 Å². The van der Waals surface area contributed by atoms with Gasteiger partial charge in [0, 0.05) is 10.9 Å². The molecule has 6 nitrogen and oxygen atoms in total. The summed E-state index contributed by atoms with van der Waals surface area (Å²) >= 11 is 1.31. The maximum absolute atomic E-state index is 13.2. The number of halogens is 1. The number of rotatable bonds is 5. The molecule has 0 fully saturated rings. The van der Waals surface area contributed by atoms with Crippen LogP contribution in [0.5, 0.6) is 0 Å². The maximum Gasteiger partial charge on any atom is 0.263 e. The van der Waals surface area contributed by atoms with E-state index in [-0.39, 0.29) is 23.8 Å². The summed E-state index contributed by atoms with van der Waals surface area (Å²) in [7, 11) is 0. The van der Waals surface area contributed by atoms with Gasteiger partial charge in [-0.1, -0.05) is 26.0 Å². The number of fused-ring (bicyclic) bond motifs is 1. The summed E-state index contributed by atoms with van der Waals surface area (Å²) in [6.45, 7) is 5.07. The van der Waals surface area contributed by atoms with Gasteiger partial charge < -0.3 is 5.32 Å². The quantitative estimate of drug-likeness (QED) is 0.714. The third kappa shape index (κ3) is 3.66. The number of aromatic nitrogens is 2. The van der Waals surface area contributed by atoms with Gasteiger partial charge in [-0.3, -0.25) is 14.2 Å². The molecule has 144 valence electrons. The smallest absolute Gasteiger partial charge is 0.263 e. The minimum atomic E-state index is -1.03. The molecule has 1 aromatic carbocycles. The fraction of sp³-hybridized carbons (Fsp3) is 0.300. The van der Waals surface area contributed by atoms with E-state index in [4.69, 9.17) is 0 Å². The van der Waals surface area contributed by atoms with E-state index >= 15 is 0 Å². The van der Waals surface area contributed by atoms with Crippen molar-refractivity contribution in [2.24, 2.45) is 5.92 Å². The van der Waals surface area contributed by atoms with Crippen LogP contribution in [-0.2, 0) is 11.3 Å². The molecule has 1 atom stereocenters. The van der Waals surface area contributed by atoms with Crippen molar-refractivity contribution < 1.29 is 9.18 Å². The fourth-order valence-corrected chi connectivity index (χ4v) is 3.61. The van der Waals surface area contributed by atoms with Crippen LogP contribution < -0.4 is 10.9 Å². The number of hydrogen-bond donors (Lipinski definition) is 1. The van der Waals surface area contributed by atoms with Crippen molar-refractivity contribution in [1.29, 1.82) is 5.26 Å². The number of nitrogens with zero attached hydrogens (tertiary/aromatic N) is 3. The molecule has 0 spiro atoms. The normalized spacial score (nSPS) is 13.3. The topological polar surface area (TPSA) is 87.8 Å². The molecule has 28 heavy (non-hydrogen) atoms. The van der Waals surface area contributed by atoms with Crippen LogP contribution in [0.15, 0.2) is 40.8 Å². The molecule has 1 amide bonds. The molecule has 8 heteroatoms. The zero-order chi connectivity index (χ0) is 20.5. The van der Waals surface area contributed by atoms with Gasteiger partial charge in [0.25, 0.3) is 5.56 Å². The molecule has 3 aromatic rings. The van der Waals surface area contributed by atoms with Crippen molar-refractivity contribution in [3.8, 4) is 17.2 Å². The fourth-order valence-electron chi connectivity index (χ4n) is 2.71. The Morgan fingerprint density at radius 3 is 2.68 bits per heavy atom. The molecule has 0 saturated heterocycles. The average molecular weight is 398 g/mol. The molecule has 0 radical (unpaired) electrons. The van der Waals surface area contributed by atoms with Crippen LogP contribution in [0.3, 0.4) is 0 Å². The number of carbonyl (C=O) groups is 1. The molecule has 0 aliphatic heterocycles. The standard InChI is InChI=1S/C20H19FN4O2S/c1-12(2)20(3,10-22)24-16(26)8-25-11-23-18-17(19(25)27)15(9-28-18)13-4-6-14(21)7-5-13/h4-7,9,11-12H,8H2,1-3H3,(H,24,26)/t20-/m1/s1. The van der Waals surface area contributed by atoms with Crippen molar-refractivity contribution in [3.63, 3.8) is 0 Å². The molecule has 1 N–H and O–H groups in total. The van der Waals surface area contributed by atoms with Gasteiger partial charge in [-0.05, 0) is 30.5 Å². The second kappa shape index (κ2) is 7.52. The first kappa shape index (κ1) is 19.7. The highest BCUT2D eigenvalue weighted by atomic mass is 32.1. The Kier molecular flexibility index (Phi) is 5.29. The Bertz CT molecular complexity index is 1130. The predicted octanol–water partition coefficient (Wildman–Crippen LogP) is 3.32. The van der Waals surface area contributed by atoms with Gasteiger partial charge in [0.05, 0.1) is 17.8 Å². The monoisotopic (exact) mass is 398 g/mol. The van der Waals surface area contributed by atoms with Gasteiger partial charge in [0.1, 0.15) is 22.7 Å². The van der Waals surface area contributed by atoms with Gasteiger partial charge >= 0.3 is 0 Å². The number of nitrogens with one attached hydrogen (secondary N) is 1. The second-order valence-corrected chi connectivity index (χ2v) is 7.89. The minimum absolute atomic E-state index is 0.0965. The molecule has 0 aliphatic rings. The lowest BCUT2D eigenvalue weighted by molar-refractivity contribution is -0.123. The van der Waals surface area contributed by atoms with Crippen molar-refractivity contribution >= 4 is 27.5 Å². The molecule has 0 aliphatic carbocycles. The number of benzene rings is 1. The Morgan fingerprint density at radius 1 is 1.39 bits per heavy atom. The van der Waals surface area contributed by atoms with Crippen molar-refractivity contribution in [1.82, 2.24) is 14.9 Å². The first-order chi connectivity index (χ1) is 13.2. The van der Waals surface area contributed by atoms with Crippen LogP contribution in [0.25, 0.3) is 21.3 Å². The minimum Gasteiger partial charge on any atom is -0.336 e. The first-order valence-corrected chi connectivity index (χ1v) is 9.58. The largest absolute Gasteiger partial charge is 0.336 e. The molecule has 3 rings (SSSR count). The third-order valence-electron chi connectivity index (χ3n) is 4.82. The van der Waals surface area contributed by atoms with Crippen molar-refractivity contribution in [2.45, 2.75) is 32.9 Å². The summed E-state index contributed by atoms with van der Waals surface area (Å²) in [5.74, 6) is -0.901. The van der Waals surface area contributed by atoms with Crippen molar-refractivity contribution in [2.75, 3.05) is 0 Å². The molecule has 0 bridgehead atoms. The highest BCUT2D eigenvalue weighted by molar-refractivity contribution is 7.17. The molecule has 0 unspecified atom stereocenters. The van der Waals surface area contributed by atoms with Crippen LogP contribution in [-0.4, -0.2) is 21.0 Å². The van der Waals surface area contributed by atoms with E-state index in [0.29, 0.717) is 21.3 Å². The molecule has 2 aromatic heterocycles. The van der Waals surface area contributed by atoms with E-state index in [1.165, 1.54) is 34.4 Å². The van der Waals surface area contributed by atoms with Gasteiger partial charge in [-0.25, -0.2) is 9.37 Å². The Balaban J connectivity index is 1.96. The molecule has 2 heterocycles. The highest BCUT2D eigenvalue weighted by Crippen LogP contribution is 2.30. The maximum atomic E-state index is 13.2. The van der Waals surface area contributed by atoms with Crippen molar-refractivity contribution in [3.05, 3.63) is 52.1 Å². The predicted molar refractivity (Wildman–Crippen MR) is 106 cm³/mol. The Morgan fingerprint density at radius 2 is 2.07 bits per heavy atom. The van der Waals surface area contributed by atoms with E-state index in [9.17, 15) is 19.2 Å². The zero-order valence-electron chi connectivity index (χ0n) is 15.7. The van der Waals surface area contributed by atoms with Crippen LogP contribution in [0.2, 0.25) is 0 Å². The second-order valence-electron chi connectivity index (χ2n) is 7.03. The van der Waals surface area contributed by atoms with Crippen LogP contribution in [0.4, 0.5) is 4.39 Å². The lowest BCUT2D eigenvalue weighted by Gasteiger charge is -2.27. The van der Waals surface area contributed by atoms with Crippen LogP contribution in [0, 0.1) is 23.1 Å². The molecule has 0 saturated carbocycles. The third-order valence-corrected chi connectivity index (χ3v) is 5.70. The SMILES string of the molecule is CC(C)[C@@](C)(C#N)NC(=O)Cn1cnc2scc(-c3ccc(F)cc3)c2c1=O. The van der Waals surface area contributed by atoms with Crippen LogP contribution >= 0.6 is 11.3 Å². The lowest BCUT2D eigenvalue weighted by Crippen LogP contribution is -2.50. The summed E-state index contributed by atoms with van der Waals surface area (Å²) in [4.78, 5) is 30.2. The van der Waals surface area contributed by atoms with Gasteiger partial charge in [-0.15, -0.1) is 11.3 Å². The van der Waals surface area contributed by atoms with Gasteiger partial charge in [0.15, 0.2) is 0 Å². The number of hydrogen-bond acceptors (Lipinski definition) is 5. The summed E-state index contributed by atoms with van der Waals surface area (Å²) < 4.78 is 14.4. The number of amides is 1. The average Bonchev–Trinajstić information content (AvgIpc) is 3.09. The van der Waals surface area contributed by atoms with E-state index in [2.05, 4.69) is 16.4 Å². The number of nitriles is 1. The summed E-state index contributed by atoms with van der Waals surface area (Å²) in [6.07, 6.45) is 1.33. The van der Waals surface area contributed by atoms with E-state index in [1.54, 1.807) is 24.4 Å². The summed E-state index contributed by atoms with van der Waals surface area (Å²) in [5, 5.41) is 14.2.